The van der Waals surface area contributed by atoms with Crippen LogP contribution in [0, 0.1) is 0 Å². The second-order valence-electron chi connectivity index (χ2n) is 4.94. The number of benzene rings is 1. The highest BCUT2D eigenvalue weighted by Gasteiger charge is 2.19. The second-order valence-corrected chi connectivity index (χ2v) is 4.94. The molecule has 0 fully saturated rings. The SMILES string of the molecule is CNc1cccc(NC(=O)CN2CCOc3ccccc32)n1.[HH].[HH]. The molecule has 0 atom stereocenters. The summed E-state index contributed by atoms with van der Waals surface area (Å²) in [5.41, 5.74) is 0.945. The molecule has 6 heteroatoms. The molecule has 22 heavy (non-hydrogen) atoms. The van der Waals surface area contributed by atoms with Crippen LogP contribution in [-0.4, -0.2) is 37.6 Å². The first-order valence-electron chi connectivity index (χ1n) is 7.18. The van der Waals surface area contributed by atoms with E-state index >= 15 is 0 Å². The molecule has 2 aromatic rings. The zero-order valence-electron chi connectivity index (χ0n) is 12.4. The number of carbonyl (C=O) groups is 1. The average molecular weight is 302 g/mol. The zero-order chi connectivity index (χ0) is 15.4. The summed E-state index contributed by atoms with van der Waals surface area (Å²) in [6, 6.07) is 13.2. The summed E-state index contributed by atoms with van der Waals surface area (Å²) in [5.74, 6) is 1.97. The molecule has 3 rings (SSSR count). The highest BCUT2D eigenvalue weighted by atomic mass is 16.5. The minimum absolute atomic E-state index is 0. The Hall–Kier alpha value is -2.76. The number of pyridine rings is 1. The molecule has 0 unspecified atom stereocenters. The van der Waals surface area contributed by atoms with Gasteiger partial charge in [0.15, 0.2) is 0 Å². The van der Waals surface area contributed by atoms with Gasteiger partial charge in [-0.2, -0.15) is 0 Å². The van der Waals surface area contributed by atoms with Crippen LogP contribution in [0.25, 0.3) is 0 Å². The maximum atomic E-state index is 12.2. The number of hydrogen-bond donors (Lipinski definition) is 2. The van der Waals surface area contributed by atoms with Gasteiger partial charge in [0, 0.05) is 9.90 Å². The molecule has 6 nitrogen and oxygen atoms in total. The smallest absolute Gasteiger partial charge is 0.245 e. The van der Waals surface area contributed by atoms with Crippen LogP contribution in [0.1, 0.15) is 2.85 Å². The fourth-order valence-corrected chi connectivity index (χ4v) is 2.39. The third-order valence-electron chi connectivity index (χ3n) is 3.43. The fourth-order valence-electron chi connectivity index (χ4n) is 2.39. The lowest BCUT2D eigenvalue weighted by Crippen LogP contribution is -2.38. The number of carbonyl (C=O) groups excluding carboxylic acids is 1. The van der Waals surface area contributed by atoms with Crippen molar-refractivity contribution in [1.29, 1.82) is 0 Å². The van der Waals surface area contributed by atoms with Crippen LogP contribution in [-0.2, 0) is 4.79 Å². The first-order valence-corrected chi connectivity index (χ1v) is 7.18. The van der Waals surface area contributed by atoms with Crippen molar-refractivity contribution in [3.05, 3.63) is 42.5 Å². The summed E-state index contributed by atoms with van der Waals surface area (Å²) in [5, 5.41) is 5.77. The highest BCUT2D eigenvalue weighted by molar-refractivity contribution is 5.93. The first kappa shape index (κ1) is 14.2. The molecule has 1 aromatic carbocycles. The summed E-state index contributed by atoms with van der Waals surface area (Å²) in [6.45, 7) is 1.54. The van der Waals surface area contributed by atoms with Crippen LogP contribution in [0.3, 0.4) is 0 Å². The van der Waals surface area contributed by atoms with Gasteiger partial charge in [-0.15, -0.1) is 0 Å². The second kappa shape index (κ2) is 6.34. The monoisotopic (exact) mass is 302 g/mol. The normalized spacial score (nSPS) is 13.0. The van der Waals surface area contributed by atoms with Gasteiger partial charge in [-0.3, -0.25) is 4.79 Å². The summed E-state index contributed by atoms with van der Waals surface area (Å²) < 4.78 is 5.59. The highest BCUT2D eigenvalue weighted by Crippen LogP contribution is 2.30. The van der Waals surface area contributed by atoms with E-state index in [-0.39, 0.29) is 15.3 Å². The standard InChI is InChI=1S/C16H18N4O2.2H2/c1-17-14-7-4-8-15(18-14)19-16(21)11-20-9-10-22-13-6-3-2-5-12(13)20;;/h2-8H,9-11H2,1H3,(H2,17,18,19,21);2*1H. The average Bonchev–Trinajstić information content (AvgIpc) is 2.55. The number of nitrogens with one attached hydrogen (secondary N) is 2. The molecular weight excluding hydrogens is 280 g/mol. The number of rotatable bonds is 4. The van der Waals surface area contributed by atoms with Gasteiger partial charge >= 0.3 is 0 Å². The molecule has 2 heterocycles. The lowest BCUT2D eigenvalue weighted by molar-refractivity contribution is -0.115. The van der Waals surface area contributed by atoms with Crippen LogP contribution in [0.4, 0.5) is 17.3 Å². The van der Waals surface area contributed by atoms with Crippen LogP contribution in [0.5, 0.6) is 5.75 Å². The Kier molecular flexibility index (Phi) is 4.09. The third-order valence-corrected chi connectivity index (χ3v) is 3.43. The molecule has 118 valence electrons. The van der Waals surface area contributed by atoms with Gasteiger partial charge < -0.3 is 20.3 Å². The Morgan fingerprint density at radius 3 is 2.95 bits per heavy atom. The molecule has 0 aliphatic carbocycles. The predicted molar refractivity (Wildman–Crippen MR) is 90.8 cm³/mol. The van der Waals surface area contributed by atoms with Gasteiger partial charge in [-0.05, 0) is 24.3 Å². The quantitative estimate of drug-likeness (QED) is 0.908. The van der Waals surface area contributed by atoms with Gasteiger partial charge in [0.1, 0.15) is 24.0 Å². The van der Waals surface area contributed by atoms with E-state index < -0.39 is 0 Å². The lowest BCUT2D eigenvalue weighted by Gasteiger charge is -2.30. The molecule has 0 saturated carbocycles. The molecule has 1 aromatic heterocycles. The van der Waals surface area contributed by atoms with E-state index in [1.54, 1.807) is 13.1 Å². The van der Waals surface area contributed by atoms with Crippen LogP contribution < -0.4 is 20.3 Å². The summed E-state index contributed by atoms with van der Waals surface area (Å²) in [4.78, 5) is 18.5. The van der Waals surface area contributed by atoms with Crippen molar-refractivity contribution in [2.75, 3.05) is 42.3 Å². The van der Waals surface area contributed by atoms with E-state index in [2.05, 4.69) is 15.6 Å². The van der Waals surface area contributed by atoms with Crippen molar-refractivity contribution in [1.82, 2.24) is 4.98 Å². The number of amides is 1. The number of anilines is 3. The summed E-state index contributed by atoms with van der Waals surface area (Å²) in [6.07, 6.45) is 0. The van der Waals surface area contributed by atoms with Gasteiger partial charge in [0.2, 0.25) is 5.91 Å². The minimum atomic E-state index is -0.0996. The van der Waals surface area contributed by atoms with Crippen LogP contribution >= 0.6 is 0 Å². The largest absolute Gasteiger partial charge is 0.490 e. The van der Waals surface area contributed by atoms with E-state index in [1.165, 1.54) is 0 Å². The van der Waals surface area contributed by atoms with Crippen molar-refractivity contribution in [2.24, 2.45) is 0 Å². The maximum Gasteiger partial charge on any atom is 0.245 e. The molecule has 1 aliphatic heterocycles. The number of nitrogens with zero attached hydrogens (tertiary/aromatic N) is 2. The molecule has 0 saturated heterocycles. The predicted octanol–water partition coefficient (Wildman–Crippen LogP) is 2.45. The van der Waals surface area contributed by atoms with E-state index in [1.807, 2.05) is 41.3 Å². The Morgan fingerprint density at radius 1 is 1.27 bits per heavy atom. The zero-order valence-corrected chi connectivity index (χ0v) is 12.4. The van der Waals surface area contributed by atoms with Crippen molar-refractivity contribution < 1.29 is 12.4 Å². The van der Waals surface area contributed by atoms with E-state index in [4.69, 9.17) is 4.74 Å². The van der Waals surface area contributed by atoms with Crippen molar-refractivity contribution >= 4 is 23.2 Å². The van der Waals surface area contributed by atoms with E-state index in [0.29, 0.717) is 19.0 Å². The molecule has 1 aliphatic rings. The number of hydrogen-bond acceptors (Lipinski definition) is 5. The Bertz CT molecular complexity index is 685. The molecular formula is C16H22N4O2. The van der Waals surface area contributed by atoms with Crippen molar-refractivity contribution in [2.45, 2.75) is 0 Å². The van der Waals surface area contributed by atoms with Gasteiger partial charge in [0.25, 0.3) is 0 Å². The Labute approximate surface area is 132 Å². The van der Waals surface area contributed by atoms with Gasteiger partial charge in [-0.1, -0.05) is 18.2 Å². The van der Waals surface area contributed by atoms with Crippen molar-refractivity contribution in [3.63, 3.8) is 0 Å². The molecule has 0 bridgehead atoms. The van der Waals surface area contributed by atoms with Crippen LogP contribution in [0.2, 0.25) is 0 Å². The Morgan fingerprint density at radius 2 is 2.09 bits per heavy atom. The summed E-state index contributed by atoms with van der Waals surface area (Å²) in [7, 11) is 1.79. The topological polar surface area (TPSA) is 66.5 Å². The number of fused-ring (bicyclic) bond motifs is 1. The third kappa shape index (κ3) is 3.11. The van der Waals surface area contributed by atoms with E-state index in [0.717, 1.165) is 17.3 Å². The van der Waals surface area contributed by atoms with Gasteiger partial charge in [0.05, 0.1) is 18.8 Å². The van der Waals surface area contributed by atoms with Crippen molar-refractivity contribution in [3.8, 4) is 5.75 Å². The summed E-state index contributed by atoms with van der Waals surface area (Å²) >= 11 is 0. The van der Waals surface area contributed by atoms with Gasteiger partial charge in [-0.25, -0.2) is 4.98 Å². The lowest BCUT2D eigenvalue weighted by atomic mass is 10.2. The van der Waals surface area contributed by atoms with E-state index in [9.17, 15) is 4.79 Å². The minimum Gasteiger partial charge on any atom is -0.490 e. The number of ether oxygens (including phenoxy) is 1. The maximum absolute atomic E-state index is 12.2. The molecule has 1 amide bonds. The number of aromatic nitrogens is 1. The molecule has 2 N–H and O–H groups in total. The molecule has 0 spiro atoms. The number of para-hydroxylation sites is 2. The van der Waals surface area contributed by atoms with Crippen LogP contribution in [0.15, 0.2) is 42.5 Å². The Balaban J connectivity index is 0.00000144. The first-order chi connectivity index (χ1) is 10.8. The fraction of sp³-hybridized carbons (Fsp3) is 0.250. The molecule has 0 radical (unpaired) electrons.